The second kappa shape index (κ2) is 7.25. The third-order valence-corrected chi connectivity index (χ3v) is 4.54. The Morgan fingerprint density at radius 2 is 1.92 bits per heavy atom. The standard InChI is InChI=1S/C18H20N2O4S/c1-25(22,23)19-16-9-5-8-15(12-16)18(21)20-10-11-24-17(13-20)14-6-3-2-4-7-14/h2-9,12,17,19H,10-11,13H2,1H3/t17-/m1/s1. The highest BCUT2D eigenvalue weighted by Gasteiger charge is 2.26. The maximum Gasteiger partial charge on any atom is 0.254 e. The van der Waals surface area contributed by atoms with Crippen molar-refractivity contribution < 1.29 is 17.9 Å². The second-order valence-electron chi connectivity index (χ2n) is 5.98. The lowest BCUT2D eigenvalue weighted by Crippen LogP contribution is -2.42. The van der Waals surface area contributed by atoms with Gasteiger partial charge in [-0.05, 0) is 23.8 Å². The molecule has 2 aromatic carbocycles. The summed E-state index contributed by atoms with van der Waals surface area (Å²) in [4.78, 5) is 14.5. The SMILES string of the molecule is CS(=O)(=O)Nc1cccc(C(=O)N2CCO[C@@H](c3ccccc3)C2)c1. The number of benzene rings is 2. The number of nitrogens with zero attached hydrogens (tertiary/aromatic N) is 1. The van der Waals surface area contributed by atoms with Gasteiger partial charge in [-0.3, -0.25) is 9.52 Å². The molecule has 132 valence electrons. The average Bonchev–Trinajstić information content (AvgIpc) is 2.61. The van der Waals surface area contributed by atoms with Crippen LogP contribution in [0.5, 0.6) is 0 Å². The molecule has 1 saturated heterocycles. The zero-order valence-electron chi connectivity index (χ0n) is 13.9. The summed E-state index contributed by atoms with van der Waals surface area (Å²) in [6.07, 6.45) is 0.921. The molecule has 6 nitrogen and oxygen atoms in total. The molecule has 3 rings (SSSR count). The lowest BCUT2D eigenvalue weighted by atomic mass is 10.1. The normalized spacial score (nSPS) is 18.0. The Hall–Kier alpha value is -2.38. The Morgan fingerprint density at radius 1 is 1.16 bits per heavy atom. The molecule has 1 N–H and O–H groups in total. The van der Waals surface area contributed by atoms with Crippen LogP contribution in [0.4, 0.5) is 5.69 Å². The quantitative estimate of drug-likeness (QED) is 0.908. The Morgan fingerprint density at radius 3 is 2.64 bits per heavy atom. The summed E-state index contributed by atoms with van der Waals surface area (Å²) in [6.45, 7) is 1.44. The van der Waals surface area contributed by atoms with Crippen molar-refractivity contribution in [3.05, 3.63) is 65.7 Å². The third kappa shape index (κ3) is 4.58. The van der Waals surface area contributed by atoms with E-state index in [1.165, 1.54) is 0 Å². The van der Waals surface area contributed by atoms with E-state index in [0.717, 1.165) is 11.8 Å². The molecule has 1 aliphatic heterocycles. The van der Waals surface area contributed by atoms with Gasteiger partial charge in [0.15, 0.2) is 0 Å². The van der Waals surface area contributed by atoms with Gasteiger partial charge >= 0.3 is 0 Å². The van der Waals surface area contributed by atoms with E-state index in [1.54, 1.807) is 29.2 Å². The first kappa shape index (κ1) is 17.4. The molecule has 0 aliphatic carbocycles. The summed E-state index contributed by atoms with van der Waals surface area (Å²) < 4.78 is 30.9. The molecule has 0 spiro atoms. The highest BCUT2D eigenvalue weighted by molar-refractivity contribution is 7.92. The zero-order chi connectivity index (χ0) is 17.9. The van der Waals surface area contributed by atoms with E-state index < -0.39 is 10.0 Å². The minimum atomic E-state index is -3.38. The minimum absolute atomic E-state index is 0.138. The van der Waals surface area contributed by atoms with Crippen molar-refractivity contribution in [2.75, 3.05) is 30.7 Å². The van der Waals surface area contributed by atoms with Gasteiger partial charge in [0.05, 0.1) is 19.4 Å². The summed E-state index contributed by atoms with van der Waals surface area (Å²) in [5, 5.41) is 0. The van der Waals surface area contributed by atoms with Crippen LogP contribution in [0.2, 0.25) is 0 Å². The van der Waals surface area contributed by atoms with Crippen molar-refractivity contribution in [1.29, 1.82) is 0 Å². The van der Waals surface area contributed by atoms with E-state index in [4.69, 9.17) is 4.74 Å². The van der Waals surface area contributed by atoms with Crippen molar-refractivity contribution in [2.45, 2.75) is 6.10 Å². The van der Waals surface area contributed by atoms with Crippen molar-refractivity contribution >= 4 is 21.6 Å². The van der Waals surface area contributed by atoms with E-state index >= 15 is 0 Å². The number of hydrogen-bond acceptors (Lipinski definition) is 4. The molecule has 1 fully saturated rings. The predicted molar refractivity (Wildman–Crippen MR) is 95.9 cm³/mol. The van der Waals surface area contributed by atoms with Gasteiger partial charge in [-0.15, -0.1) is 0 Å². The molecule has 25 heavy (non-hydrogen) atoms. The molecule has 1 aliphatic rings. The Balaban J connectivity index is 1.75. The highest BCUT2D eigenvalue weighted by Crippen LogP contribution is 2.23. The Bertz CT molecular complexity index is 852. The topological polar surface area (TPSA) is 75.7 Å². The largest absolute Gasteiger partial charge is 0.370 e. The number of rotatable bonds is 4. The van der Waals surface area contributed by atoms with Crippen LogP contribution in [0.15, 0.2) is 54.6 Å². The number of hydrogen-bond donors (Lipinski definition) is 1. The molecule has 7 heteroatoms. The average molecular weight is 360 g/mol. The molecule has 0 saturated carbocycles. The number of ether oxygens (including phenoxy) is 1. The first-order valence-electron chi connectivity index (χ1n) is 7.96. The Kier molecular flexibility index (Phi) is 5.06. The van der Waals surface area contributed by atoms with E-state index in [9.17, 15) is 13.2 Å². The van der Waals surface area contributed by atoms with Crippen LogP contribution in [-0.4, -0.2) is 45.2 Å². The molecule has 2 aromatic rings. The van der Waals surface area contributed by atoms with E-state index in [0.29, 0.717) is 30.9 Å². The van der Waals surface area contributed by atoms with Crippen LogP contribution < -0.4 is 4.72 Å². The lowest BCUT2D eigenvalue weighted by Gasteiger charge is -2.33. The molecule has 1 atom stereocenters. The van der Waals surface area contributed by atoms with Crippen molar-refractivity contribution in [1.82, 2.24) is 4.90 Å². The van der Waals surface area contributed by atoms with Crippen LogP contribution in [-0.2, 0) is 14.8 Å². The first-order valence-corrected chi connectivity index (χ1v) is 9.85. The second-order valence-corrected chi connectivity index (χ2v) is 7.72. The maximum absolute atomic E-state index is 12.8. The summed E-state index contributed by atoms with van der Waals surface area (Å²) in [5.41, 5.74) is 1.86. The highest BCUT2D eigenvalue weighted by atomic mass is 32.2. The number of amides is 1. The number of morpholine rings is 1. The maximum atomic E-state index is 12.8. The van der Waals surface area contributed by atoms with Crippen LogP contribution in [0, 0.1) is 0 Å². The van der Waals surface area contributed by atoms with Crippen LogP contribution in [0.25, 0.3) is 0 Å². The Labute approximate surface area is 147 Å². The van der Waals surface area contributed by atoms with Gasteiger partial charge in [-0.25, -0.2) is 8.42 Å². The molecular formula is C18H20N2O4S. The monoisotopic (exact) mass is 360 g/mol. The number of nitrogens with one attached hydrogen (secondary N) is 1. The van der Waals surface area contributed by atoms with Crippen LogP contribution >= 0.6 is 0 Å². The summed E-state index contributed by atoms with van der Waals surface area (Å²) in [5.74, 6) is -0.138. The summed E-state index contributed by atoms with van der Waals surface area (Å²) in [7, 11) is -3.38. The van der Waals surface area contributed by atoms with Crippen LogP contribution in [0.1, 0.15) is 22.0 Å². The van der Waals surface area contributed by atoms with Gasteiger partial charge in [0.1, 0.15) is 6.10 Å². The van der Waals surface area contributed by atoms with Crippen molar-refractivity contribution in [3.8, 4) is 0 Å². The zero-order valence-corrected chi connectivity index (χ0v) is 14.7. The molecular weight excluding hydrogens is 340 g/mol. The first-order chi connectivity index (χ1) is 11.9. The van der Waals surface area contributed by atoms with Gasteiger partial charge < -0.3 is 9.64 Å². The van der Waals surface area contributed by atoms with E-state index in [-0.39, 0.29) is 12.0 Å². The van der Waals surface area contributed by atoms with Gasteiger partial charge in [-0.2, -0.15) is 0 Å². The number of carbonyl (C=O) groups is 1. The summed E-state index contributed by atoms with van der Waals surface area (Å²) >= 11 is 0. The predicted octanol–water partition coefficient (Wildman–Crippen LogP) is 2.27. The fraction of sp³-hybridized carbons (Fsp3) is 0.278. The number of carbonyl (C=O) groups excluding carboxylic acids is 1. The van der Waals surface area contributed by atoms with Crippen molar-refractivity contribution in [2.24, 2.45) is 0 Å². The lowest BCUT2D eigenvalue weighted by molar-refractivity contribution is -0.0228. The number of sulfonamides is 1. The molecule has 0 unspecified atom stereocenters. The smallest absolute Gasteiger partial charge is 0.254 e. The van der Waals surface area contributed by atoms with Gasteiger partial charge in [0.25, 0.3) is 5.91 Å². The molecule has 1 heterocycles. The van der Waals surface area contributed by atoms with Gasteiger partial charge in [0.2, 0.25) is 10.0 Å². The van der Waals surface area contributed by atoms with Crippen LogP contribution in [0.3, 0.4) is 0 Å². The molecule has 0 radical (unpaired) electrons. The third-order valence-electron chi connectivity index (χ3n) is 3.94. The molecule has 0 bridgehead atoms. The van der Waals surface area contributed by atoms with Gasteiger partial charge in [-0.1, -0.05) is 36.4 Å². The number of anilines is 1. The van der Waals surface area contributed by atoms with E-state index in [2.05, 4.69) is 4.72 Å². The van der Waals surface area contributed by atoms with Gasteiger partial charge in [0, 0.05) is 17.8 Å². The molecule has 0 aromatic heterocycles. The fourth-order valence-electron chi connectivity index (χ4n) is 2.82. The minimum Gasteiger partial charge on any atom is -0.370 e. The summed E-state index contributed by atoms with van der Waals surface area (Å²) in [6, 6.07) is 16.3. The van der Waals surface area contributed by atoms with E-state index in [1.807, 2.05) is 30.3 Å². The fourth-order valence-corrected chi connectivity index (χ4v) is 3.37. The van der Waals surface area contributed by atoms with Crippen molar-refractivity contribution in [3.63, 3.8) is 0 Å². The molecule has 1 amide bonds.